The van der Waals surface area contributed by atoms with Crippen LogP contribution in [0.2, 0.25) is 0 Å². The Labute approximate surface area is 176 Å². The van der Waals surface area contributed by atoms with Gasteiger partial charge in [-0.25, -0.2) is 4.79 Å². The number of amides is 2. The fraction of sp³-hybridized carbons (Fsp3) is 0.435. The number of nitrogens with one attached hydrogen (secondary N) is 1. The summed E-state index contributed by atoms with van der Waals surface area (Å²) in [5.74, 6) is -1.28. The number of carbonyl (C=O) groups excluding carboxylic acids is 3. The second kappa shape index (κ2) is 10.6. The first-order valence-corrected chi connectivity index (χ1v) is 10.3. The Morgan fingerprint density at radius 3 is 2.50 bits per heavy atom. The minimum Gasteiger partial charge on any atom is -0.459 e. The van der Waals surface area contributed by atoms with Gasteiger partial charge in [-0.1, -0.05) is 49.6 Å². The Morgan fingerprint density at radius 1 is 1.10 bits per heavy atom. The molecular formula is C23H28N2O5. The minimum atomic E-state index is -0.933. The Kier molecular flexibility index (Phi) is 7.65. The highest BCUT2D eigenvalue weighted by Crippen LogP contribution is 2.21. The Hall–Kier alpha value is -3.09. The maximum Gasteiger partial charge on any atom is 0.329 e. The van der Waals surface area contributed by atoms with Crippen LogP contribution in [0.3, 0.4) is 0 Å². The molecule has 1 fully saturated rings. The van der Waals surface area contributed by atoms with Gasteiger partial charge in [0.2, 0.25) is 0 Å². The molecule has 0 radical (unpaired) electrons. The first-order valence-electron chi connectivity index (χ1n) is 10.3. The molecule has 1 heterocycles. The van der Waals surface area contributed by atoms with Crippen LogP contribution in [0.15, 0.2) is 53.1 Å². The van der Waals surface area contributed by atoms with E-state index < -0.39 is 17.9 Å². The smallest absolute Gasteiger partial charge is 0.329 e. The van der Waals surface area contributed by atoms with E-state index in [-0.39, 0.29) is 30.7 Å². The molecule has 1 aromatic heterocycles. The lowest BCUT2D eigenvalue weighted by molar-refractivity contribution is -0.154. The van der Waals surface area contributed by atoms with Gasteiger partial charge in [0.1, 0.15) is 6.04 Å². The molecule has 1 saturated carbocycles. The van der Waals surface area contributed by atoms with Gasteiger partial charge in [0, 0.05) is 19.5 Å². The maximum atomic E-state index is 12.7. The Balaban J connectivity index is 1.60. The van der Waals surface area contributed by atoms with Gasteiger partial charge in [0.05, 0.1) is 6.26 Å². The third kappa shape index (κ3) is 5.95. The minimum absolute atomic E-state index is 0.106. The first-order chi connectivity index (χ1) is 14.5. The zero-order valence-corrected chi connectivity index (χ0v) is 17.2. The number of hydrogen-bond acceptors (Lipinski definition) is 5. The molecule has 2 amide bonds. The molecule has 1 atom stereocenters. The number of nitrogens with zero attached hydrogens (tertiary/aromatic N) is 1. The molecular weight excluding hydrogens is 384 g/mol. The average molecular weight is 412 g/mol. The van der Waals surface area contributed by atoms with Crippen LogP contribution in [0.4, 0.5) is 0 Å². The normalized spacial score (nSPS) is 15.2. The van der Waals surface area contributed by atoms with Gasteiger partial charge in [0.25, 0.3) is 11.8 Å². The van der Waals surface area contributed by atoms with Crippen molar-refractivity contribution < 1.29 is 23.5 Å². The van der Waals surface area contributed by atoms with E-state index in [9.17, 15) is 14.4 Å². The summed E-state index contributed by atoms with van der Waals surface area (Å²) in [6.07, 6.45) is 7.01. The summed E-state index contributed by atoms with van der Waals surface area (Å²) in [5.41, 5.74) is 0.866. The third-order valence-corrected chi connectivity index (χ3v) is 5.47. The fourth-order valence-electron chi connectivity index (χ4n) is 3.69. The van der Waals surface area contributed by atoms with Crippen LogP contribution in [-0.4, -0.2) is 48.4 Å². The maximum absolute atomic E-state index is 12.7. The van der Waals surface area contributed by atoms with E-state index >= 15 is 0 Å². The van der Waals surface area contributed by atoms with Crippen molar-refractivity contribution >= 4 is 17.8 Å². The number of hydrogen-bond donors (Lipinski definition) is 1. The summed E-state index contributed by atoms with van der Waals surface area (Å²) in [6, 6.07) is 11.7. The van der Waals surface area contributed by atoms with Gasteiger partial charge in [-0.3, -0.25) is 9.59 Å². The van der Waals surface area contributed by atoms with E-state index in [1.807, 2.05) is 30.3 Å². The second-order valence-electron chi connectivity index (χ2n) is 7.60. The lowest BCUT2D eigenvalue weighted by Gasteiger charge is -2.31. The molecule has 1 N–H and O–H groups in total. The van der Waals surface area contributed by atoms with Crippen molar-refractivity contribution in [1.82, 2.24) is 10.2 Å². The molecule has 7 heteroatoms. The number of ether oxygens (including phenoxy) is 1. The molecule has 0 aliphatic heterocycles. The molecule has 0 bridgehead atoms. The van der Waals surface area contributed by atoms with Crippen LogP contribution in [-0.2, 0) is 20.7 Å². The molecule has 1 aliphatic rings. The van der Waals surface area contributed by atoms with Crippen LogP contribution >= 0.6 is 0 Å². The van der Waals surface area contributed by atoms with Crippen LogP contribution in [0.1, 0.15) is 48.2 Å². The Morgan fingerprint density at radius 2 is 1.83 bits per heavy atom. The number of rotatable bonds is 8. The van der Waals surface area contributed by atoms with E-state index in [1.54, 1.807) is 18.0 Å². The quantitative estimate of drug-likeness (QED) is 0.674. The van der Waals surface area contributed by atoms with E-state index in [0.717, 1.165) is 31.2 Å². The summed E-state index contributed by atoms with van der Waals surface area (Å²) in [6.45, 7) is -0.340. The van der Waals surface area contributed by atoms with E-state index in [4.69, 9.17) is 9.15 Å². The predicted molar refractivity (Wildman–Crippen MR) is 111 cm³/mol. The first kappa shape index (κ1) is 21.6. The molecule has 7 nitrogen and oxygen atoms in total. The molecule has 30 heavy (non-hydrogen) atoms. The molecule has 1 aliphatic carbocycles. The summed E-state index contributed by atoms with van der Waals surface area (Å²) < 4.78 is 10.4. The monoisotopic (exact) mass is 412 g/mol. The highest BCUT2D eigenvalue weighted by atomic mass is 16.5. The van der Waals surface area contributed by atoms with Crippen molar-refractivity contribution in [2.75, 3.05) is 13.7 Å². The lowest BCUT2D eigenvalue weighted by atomic mass is 9.94. The zero-order chi connectivity index (χ0) is 21.3. The number of likely N-dealkylation sites (N-methyl/N-ethyl adjacent to an activating group) is 1. The summed E-state index contributed by atoms with van der Waals surface area (Å²) >= 11 is 0. The SMILES string of the molecule is CN(C(=O)COC(=O)C(Cc1ccccc1)NC(=O)c1ccco1)C1CCCCC1. The van der Waals surface area contributed by atoms with Crippen molar-refractivity contribution in [2.24, 2.45) is 0 Å². The highest BCUT2D eigenvalue weighted by Gasteiger charge is 2.27. The number of benzene rings is 1. The highest BCUT2D eigenvalue weighted by molar-refractivity contribution is 5.94. The number of furan rings is 1. The molecule has 0 saturated heterocycles. The lowest BCUT2D eigenvalue weighted by Crippen LogP contribution is -2.45. The van der Waals surface area contributed by atoms with Gasteiger partial charge in [0.15, 0.2) is 12.4 Å². The zero-order valence-electron chi connectivity index (χ0n) is 17.2. The van der Waals surface area contributed by atoms with Crippen molar-refractivity contribution in [1.29, 1.82) is 0 Å². The van der Waals surface area contributed by atoms with Gasteiger partial charge in [-0.05, 0) is 30.5 Å². The van der Waals surface area contributed by atoms with Gasteiger partial charge in [-0.15, -0.1) is 0 Å². The number of carbonyl (C=O) groups is 3. The van der Waals surface area contributed by atoms with Gasteiger partial charge >= 0.3 is 5.97 Å². The third-order valence-electron chi connectivity index (χ3n) is 5.47. The molecule has 1 unspecified atom stereocenters. The summed E-state index contributed by atoms with van der Waals surface area (Å²) in [5, 5.41) is 2.65. The Bertz CT molecular complexity index is 829. The van der Waals surface area contributed by atoms with Crippen molar-refractivity contribution in [3.63, 3.8) is 0 Å². The van der Waals surface area contributed by atoms with Crippen molar-refractivity contribution in [3.05, 3.63) is 60.1 Å². The van der Waals surface area contributed by atoms with Crippen LogP contribution in [0.25, 0.3) is 0 Å². The van der Waals surface area contributed by atoms with Crippen molar-refractivity contribution in [3.8, 4) is 0 Å². The molecule has 2 aromatic rings. The van der Waals surface area contributed by atoms with Gasteiger partial charge < -0.3 is 19.4 Å². The molecule has 0 spiro atoms. The van der Waals surface area contributed by atoms with Crippen molar-refractivity contribution in [2.45, 2.75) is 50.6 Å². The second-order valence-corrected chi connectivity index (χ2v) is 7.60. The molecule has 1 aromatic carbocycles. The van der Waals surface area contributed by atoms with E-state index in [1.165, 1.54) is 18.8 Å². The van der Waals surface area contributed by atoms with Gasteiger partial charge in [-0.2, -0.15) is 0 Å². The standard InChI is InChI=1S/C23H28N2O5/c1-25(18-11-6-3-7-12-18)21(26)16-30-23(28)19(15-17-9-4-2-5-10-17)24-22(27)20-13-8-14-29-20/h2,4-5,8-10,13-14,18-19H,3,6-7,11-12,15-16H2,1H3,(H,24,27). The number of esters is 1. The van der Waals surface area contributed by atoms with E-state index in [2.05, 4.69) is 5.32 Å². The summed E-state index contributed by atoms with van der Waals surface area (Å²) in [7, 11) is 1.76. The van der Waals surface area contributed by atoms with Crippen LogP contribution in [0.5, 0.6) is 0 Å². The topological polar surface area (TPSA) is 88.9 Å². The van der Waals surface area contributed by atoms with E-state index in [0.29, 0.717) is 0 Å². The predicted octanol–water partition coefficient (Wildman–Crippen LogP) is 2.96. The largest absolute Gasteiger partial charge is 0.459 e. The van der Waals surface area contributed by atoms with Crippen LogP contribution in [0, 0.1) is 0 Å². The molecule has 160 valence electrons. The fourth-order valence-corrected chi connectivity index (χ4v) is 3.69. The average Bonchev–Trinajstić information content (AvgIpc) is 3.32. The summed E-state index contributed by atoms with van der Waals surface area (Å²) in [4.78, 5) is 39.3. The molecule has 3 rings (SSSR count). The van der Waals surface area contributed by atoms with Crippen LogP contribution < -0.4 is 5.32 Å².